The van der Waals surface area contributed by atoms with E-state index in [4.69, 9.17) is 4.74 Å². The molecule has 2 unspecified atom stereocenters. The van der Waals surface area contributed by atoms with Crippen LogP contribution in [0, 0.1) is 16.0 Å². The Bertz CT molecular complexity index is 681. The van der Waals surface area contributed by atoms with E-state index >= 15 is 0 Å². The van der Waals surface area contributed by atoms with Gasteiger partial charge in [0.15, 0.2) is 0 Å². The van der Waals surface area contributed by atoms with Gasteiger partial charge in [0.25, 0.3) is 5.69 Å². The highest BCUT2D eigenvalue weighted by Gasteiger charge is 2.28. The number of ether oxygens (including phenoxy) is 1. The number of nitro groups is 1. The lowest BCUT2D eigenvalue weighted by molar-refractivity contribution is -0.384. The molecule has 2 aliphatic heterocycles. The molecule has 28 heavy (non-hydrogen) atoms. The van der Waals surface area contributed by atoms with Crippen LogP contribution >= 0.6 is 0 Å². The van der Waals surface area contributed by atoms with E-state index in [1.807, 2.05) is 11.0 Å². The van der Waals surface area contributed by atoms with Crippen LogP contribution in [0.2, 0.25) is 0 Å². The third kappa shape index (κ3) is 5.20. The molecule has 2 aliphatic rings. The SMILES string of the molecule is CC1CN(CCNC(=O)C2CCN(c3ccccc3[N+](=O)[O-])CC2)CC(C)O1. The second-order valence-corrected chi connectivity index (χ2v) is 7.82. The van der Waals surface area contributed by atoms with Crippen LogP contribution < -0.4 is 10.2 Å². The van der Waals surface area contributed by atoms with E-state index in [9.17, 15) is 14.9 Å². The molecular weight excluding hydrogens is 360 g/mol. The van der Waals surface area contributed by atoms with E-state index in [0.29, 0.717) is 38.2 Å². The second-order valence-electron chi connectivity index (χ2n) is 7.82. The van der Waals surface area contributed by atoms with Crippen molar-refractivity contribution >= 4 is 17.3 Å². The van der Waals surface area contributed by atoms with Gasteiger partial charge in [-0.25, -0.2) is 0 Å². The minimum Gasteiger partial charge on any atom is -0.373 e. The largest absolute Gasteiger partial charge is 0.373 e. The van der Waals surface area contributed by atoms with Gasteiger partial charge in [0.1, 0.15) is 5.69 Å². The van der Waals surface area contributed by atoms with E-state index in [1.54, 1.807) is 12.1 Å². The minimum absolute atomic E-state index is 0.0263. The number of nitrogens with one attached hydrogen (secondary N) is 1. The maximum Gasteiger partial charge on any atom is 0.292 e. The van der Waals surface area contributed by atoms with Crippen LogP contribution in [0.25, 0.3) is 0 Å². The van der Waals surface area contributed by atoms with Gasteiger partial charge in [0.2, 0.25) is 5.91 Å². The van der Waals surface area contributed by atoms with Crippen molar-refractivity contribution in [3.63, 3.8) is 0 Å². The summed E-state index contributed by atoms with van der Waals surface area (Å²) in [5.41, 5.74) is 0.765. The molecule has 154 valence electrons. The number of hydrogen-bond acceptors (Lipinski definition) is 6. The van der Waals surface area contributed by atoms with Gasteiger partial charge in [-0.3, -0.25) is 19.8 Å². The van der Waals surface area contributed by atoms with Crippen LogP contribution in [-0.4, -0.2) is 67.2 Å². The van der Waals surface area contributed by atoms with Gasteiger partial charge in [-0.1, -0.05) is 12.1 Å². The highest BCUT2D eigenvalue weighted by Crippen LogP contribution is 2.31. The molecule has 8 nitrogen and oxygen atoms in total. The summed E-state index contributed by atoms with van der Waals surface area (Å²) in [5, 5.41) is 14.3. The number of amides is 1. The van der Waals surface area contributed by atoms with Crippen molar-refractivity contribution < 1.29 is 14.5 Å². The van der Waals surface area contributed by atoms with Crippen molar-refractivity contribution in [2.24, 2.45) is 5.92 Å². The summed E-state index contributed by atoms with van der Waals surface area (Å²) >= 11 is 0. The van der Waals surface area contributed by atoms with Gasteiger partial charge >= 0.3 is 0 Å². The molecule has 1 aromatic carbocycles. The number of nitro benzene ring substituents is 1. The number of morpholine rings is 1. The number of carbonyl (C=O) groups excluding carboxylic acids is 1. The number of piperidine rings is 1. The van der Waals surface area contributed by atoms with Crippen LogP contribution in [0.1, 0.15) is 26.7 Å². The van der Waals surface area contributed by atoms with Crippen molar-refractivity contribution in [3.05, 3.63) is 34.4 Å². The maximum atomic E-state index is 12.5. The van der Waals surface area contributed by atoms with Gasteiger partial charge in [0.05, 0.1) is 17.1 Å². The number of rotatable bonds is 6. The lowest BCUT2D eigenvalue weighted by atomic mass is 9.95. The fraction of sp³-hybridized carbons (Fsp3) is 0.650. The number of benzene rings is 1. The number of nitrogens with zero attached hydrogens (tertiary/aromatic N) is 3. The van der Waals surface area contributed by atoms with E-state index in [-0.39, 0.29) is 34.6 Å². The molecule has 8 heteroatoms. The third-order valence-corrected chi connectivity index (χ3v) is 5.51. The highest BCUT2D eigenvalue weighted by atomic mass is 16.6. The van der Waals surface area contributed by atoms with Crippen molar-refractivity contribution in [1.29, 1.82) is 0 Å². The van der Waals surface area contributed by atoms with Gasteiger partial charge < -0.3 is 15.0 Å². The molecule has 0 aliphatic carbocycles. The predicted molar refractivity (Wildman–Crippen MR) is 107 cm³/mol. The number of anilines is 1. The zero-order chi connectivity index (χ0) is 20.1. The van der Waals surface area contributed by atoms with Crippen LogP contribution in [0.15, 0.2) is 24.3 Å². The quantitative estimate of drug-likeness (QED) is 0.591. The fourth-order valence-electron chi connectivity index (χ4n) is 4.22. The van der Waals surface area contributed by atoms with Crippen LogP contribution in [-0.2, 0) is 9.53 Å². The maximum absolute atomic E-state index is 12.5. The summed E-state index contributed by atoms with van der Waals surface area (Å²) in [4.78, 5) is 27.7. The molecule has 1 aromatic rings. The number of hydrogen-bond donors (Lipinski definition) is 1. The first-order valence-corrected chi connectivity index (χ1v) is 10.1. The first kappa shape index (κ1) is 20.5. The standard InChI is InChI=1S/C20H30N4O4/c1-15-13-22(14-16(2)28-15)12-9-21-20(25)17-7-10-23(11-8-17)18-5-3-4-6-19(18)24(26)27/h3-6,15-17H,7-14H2,1-2H3,(H,21,25). The Morgan fingerprint density at radius 1 is 1.21 bits per heavy atom. The van der Waals surface area contributed by atoms with Crippen molar-refractivity contribution in [2.75, 3.05) is 44.2 Å². The lowest BCUT2D eigenvalue weighted by Crippen LogP contribution is -2.48. The Hall–Kier alpha value is -2.19. The second kappa shape index (κ2) is 9.34. The van der Waals surface area contributed by atoms with Crippen LogP contribution in [0.5, 0.6) is 0 Å². The summed E-state index contributed by atoms with van der Waals surface area (Å²) in [5.74, 6) is 0.0677. The fourth-order valence-corrected chi connectivity index (χ4v) is 4.22. The number of carbonyl (C=O) groups is 1. The van der Waals surface area contributed by atoms with E-state index < -0.39 is 0 Å². The zero-order valence-corrected chi connectivity index (χ0v) is 16.7. The van der Waals surface area contributed by atoms with Gasteiger partial charge in [0, 0.05) is 51.3 Å². The van der Waals surface area contributed by atoms with E-state index in [0.717, 1.165) is 19.6 Å². The summed E-state index contributed by atoms with van der Waals surface area (Å²) < 4.78 is 5.73. The molecule has 0 spiro atoms. The minimum atomic E-state index is -0.346. The topological polar surface area (TPSA) is 88.0 Å². The Labute approximate surface area is 166 Å². The Morgan fingerprint density at radius 3 is 2.50 bits per heavy atom. The molecule has 2 atom stereocenters. The summed E-state index contributed by atoms with van der Waals surface area (Å²) in [7, 11) is 0. The summed E-state index contributed by atoms with van der Waals surface area (Å²) in [6.45, 7) is 8.73. The zero-order valence-electron chi connectivity index (χ0n) is 16.7. The first-order chi connectivity index (χ1) is 13.4. The molecule has 1 amide bonds. The molecule has 0 aromatic heterocycles. The average molecular weight is 390 g/mol. The van der Waals surface area contributed by atoms with E-state index in [1.165, 1.54) is 6.07 Å². The lowest BCUT2D eigenvalue weighted by Gasteiger charge is -2.35. The Morgan fingerprint density at radius 2 is 1.86 bits per heavy atom. The van der Waals surface area contributed by atoms with Crippen molar-refractivity contribution in [1.82, 2.24) is 10.2 Å². The molecule has 0 radical (unpaired) electrons. The van der Waals surface area contributed by atoms with E-state index in [2.05, 4.69) is 24.1 Å². The van der Waals surface area contributed by atoms with Crippen molar-refractivity contribution in [2.45, 2.75) is 38.9 Å². The molecule has 3 rings (SSSR count). The van der Waals surface area contributed by atoms with Gasteiger partial charge in [-0.2, -0.15) is 0 Å². The van der Waals surface area contributed by atoms with Gasteiger partial charge in [-0.05, 0) is 32.8 Å². The van der Waals surface area contributed by atoms with Gasteiger partial charge in [-0.15, -0.1) is 0 Å². The Balaban J connectivity index is 1.43. The van der Waals surface area contributed by atoms with Crippen LogP contribution in [0.4, 0.5) is 11.4 Å². The van der Waals surface area contributed by atoms with Crippen LogP contribution in [0.3, 0.4) is 0 Å². The highest BCUT2D eigenvalue weighted by molar-refractivity contribution is 5.79. The molecule has 1 N–H and O–H groups in total. The first-order valence-electron chi connectivity index (χ1n) is 10.1. The monoisotopic (exact) mass is 390 g/mol. The predicted octanol–water partition coefficient (Wildman–Crippen LogP) is 2.04. The third-order valence-electron chi connectivity index (χ3n) is 5.51. The molecule has 2 fully saturated rings. The molecular formula is C20H30N4O4. The average Bonchev–Trinajstić information content (AvgIpc) is 2.67. The number of para-hydroxylation sites is 2. The molecule has 2 saturated heterocycles. The molecule has 0 saturated carbocycles. The molecule has 0 bridgehead atoms. The summed E-state index contributed by atoms with van der Waals surface area (Å²) in [6, 6.07) is 6.80. The normalized spacial score (nSPS) is 24.1. The van der Waals surface area contributed by atoms with Crippen molar-refractivity contribution in [3.8, 4) is 0 Å². The smallest absolute Gasteiger partial charge is 0.292 e. The summed E-state index contributed by atoms with van der Waals surface area (Å²) in [6.07, 6.45) is 1.88. The Kier molecular flexibility index (Phi) is 6.85. The molecule has 2 heterocycles.